The second-order valence-electron chi connectivity index (χ2n) is 7.13. The summed E-state index contributed by atoms with van der Waals surface area (Å²) in [5.41, 5.74) is 3.24. The summed E-state index contributed by atoms with van der Waals surface area (Å²) >= 11 is 0. The summed E-state index contributed by atoms with van der Waals surface area (Å²) in [6.07, 6.45) is 4.61. The molecule has 2 aromatic heterocycles. The van der Waals surface area contributed by atoms with E-state index in [1.165, 1.54) is 11.3 Å². The van der Waals surface area contributed by atoms with Gasteiger partial charge in [-0.1, -0.05) is 30.3 Å². The van der Waals surface area contributed by atoms with Gasteiger partial charge in [-0.05, 0) is 30.2 Å². The molecular formula is C21H25N5O. The summed E-state index contributed by atoms with van der Waals surface area (Å²) in [5.74, 6) is -0.0276. The lowest BCUT2D eigenvalue weighted by Crippen LogP contribution is -2.39. The van der Waals surface area contributed by atoms with Gasteiger partial charge >= 0.3 is 0 Å². The van der Waals surface area contributed by atoms with Gasteiger partial charge in [0.1, 0.15) is 5.69 Å². The van der Waals surface area contributed by atoms with Crippen LogP contribution >= 0.6 is 0 Å². The summed E-state index contributed by atoms with van der Waals surface area (Å²) < 4.78 is 3.96. The van der Waals surface area contributed by atoms with Gasteiger partial charge in [0.2, 0.25) is 0 Å². The molecule has 1 N–H and O–H groups in total. The molecule has 1 atom stereocenters. The first-order valence-corrected chi connectivity index (χ1v) is 9.39. The van der Waals surface area contributed by atoms with Crippen LogP contribution in [0.3, 0.4) is 0 Å². The first-order chi connectivity index (χ1) is 13.2. The smallest absolute Gasteiger partial charge is 0.267 e. The Morgan fingerprint density at radius 1 is 1.19 bits per heavy atom. The zero-order chi connectivity index (χ0) is 18.6. The molecule has 1 amide bonds. The van der Waals surface area contributed by atoms with Crippen molar-refractivity contribution in [1.29, 1.82) is 0 Å². The quantitative estimate of drug-likeness (QED) is 0.732. The average Bonchev–Trinajstić information content (AvgIpc) is 3.31. The van der Waals surface area contributed by atoms with Gasteiger partial charge in [-0.3, -0.25) is 14.4 Å². The van der Waals surface area contributed by atoms with E-state index in [-0.39, 0.29) is 11.9 Å². The number of rotatable bonds is 6. The van der Waals surface area contributed by atoms with Crippen molar-refractivity contribution in [2.24, 2.45) is 7.05 Å². The van der Waals surface area contributed by atoms with Gasteiger partial charge in [-0.25, -0.2) is 0 Å². The maximum atomic E-state index is 12.3. The van der Waals surface area contributed by atoms with Crippen LogP contribution in [0.15, 0.2) is 60.9 Å². The summed E-state index contributed by atoms with van der Waals surface area (Å²) in [6.45, 7) is 3.40. The normalized spacial score (nSPS) is 16.9. The van der Waals surface area contributed by atoms with Gasteiger partial charge in [0.15, 0.2) is 0 Å². The summed E-state index contributed by atoms with van der Waals surface area (Å²) in [7, 11) is 1.88. The molecule has 0 bridgehead atoms. The molecule has 0 spiro atoms. The molecule has 0 fully saturated rings. The minimum atomic E-state index is -0.0276. The monoisotopic (exact) mass is 363 g/mol. The molecule has 0 radical (unpaired) electrons. The van der Waals surface area contributed by atoms with Crippen LogP contribution in [-0.4, -0.2) is 38.2 Å². The van der Waals surface area contributed by atoms with E-state index in [9.17, 15) is 4.79 Å². The Hall–Kier alpha value is -2.86. The van der Waals surface area contributed by atoms with Gasteiger partial charge < -0.3 is 9.88 Å². The number of aryl methyl sites for hydroxylation is 1. The van der Waals surface area contributed by atoms with Crippen molar-refractivity contribution in [1.82, 2.24) is 24.6 Å². The van der Waals surface area contributed by atoms with Gasteiger partial charge in [0, 0.05) is 45.6 Å². The van der Waals surface area contributed by atoms with Crippen LogP contribution < -0.4 is 5.32 Å². The standard InChI is InChI=1S/C21H25N5O/c1-24-13-5-8-20(24)21(27)22-11-9-18-15-25(14-17-6-3-2-4-7-17)16-19-10-12-23-26(18)19/h2-8,10,12-13,18H,9,11,14-16H2,1H3,(H,22,27)/t18-/m1/s1. The molecule has 1 aliphatic heterocycles. The van der Waals surface area contributed by atoms with Crippen molar-refractivity contribution in [3.8, 4) is 0 Å². The Balaban J connectivity index is 1.38. The highest BCUT2D eigenvalue weighted by Gasteiger charge is 2.25. The zero-order valence-electron chi connectivity index (χ0n) is 15.6. The summed E-state index contributed by atoms with van der Waals surface area (Å²) in [5, 5.41) is 7.56. The molecule has 1 aromatic carbocycles. The number of nitrogens with one attached hydrogen (secondary N) is 1. The summed E-state index contributed by atoms with van der Waals surface area (Å²) in [6, 6.07) is 16.6. The number of hydrogen-bond donors (Lipinski definition) is 1. The highest BCUT2D eigenvalue weighted by atomic mass is 16.1. The second kappa shape index (κ2) is 7.80. The fraction of sp³-hybridized carbons (Fsp3) is 0.333. The number of fused-ring (bicyclic) bond motifs is 1. The maximum absolute atomic E-state index is 12.3. The largest absolute Gasteiger partial charge is 0.351 e. The van der Waals surface area contributed by atoms with Crippen LogP contribution in [0.2, 0.25) is 0 Å². The van der Waals surface area contributed by atoms with Crippen molar-refractivity contribution in [2.45, 2.75) is 25.6 Å². The Morgan fingerprint density at radius 3 is 2.81 bits per heavy atom. The number of aromatic nitrogens is 3. The van der Waals surface area contributed by atoms with Crippen LogP contribution in [-0.2, 0) is 20.1 Å². The highest BCUT2D eigenvalue weighted by Crippen LogP contribution is 2.24. The summed E-state index contributed by atoms with van der Waals surface area (Å²) in [4.78, 5) is 14.8. The average molecular weight is 363 g/mol. The lowest BCUT2D eigenvalue weighted by atomic mass is 10.1. The Bertz CT molecular complexity index is 898. The molecule has 1 aliphatic rings. The molecule has 0 aliphatic carbocycles. The van der Waals surface area contributed by atoms with E-state index in [4.69, 9.17) is 0 Å². The second-order valence-corrected chi connectivity index (χ2v) is 7.13. The molecule has 0 saturated carbocycles. The molecule has 4 rings (SSSR count). The molecule has 3 aromatic rings. The Morgan fingerprint density at radius 2 is 2.04 bits per heavy atom. The van der Waals surface area contributed by atoms with Crippen molar-refractivity contribution < 1.29 is 4.79 Å². The minimum absolute atomic E-state index is 0.0276. The molecule has 27 heavy (non-hydrogen) atoms. The maximum Gasteiger partial charge on any atom is 0.267 e. The third-order valence-electron chi connectivity index (χ3n) is 5.14. The van der Waals surface area contributed by atoms with Crippen molar-refractivity contribution in [3.05, 3.63) is 77.9 Å². The van der Waals surface area contributed by atoms with Gasteiger partial charge in [0.25, 0.3) is 5.91 Å². The highest BCUT2D eigenvalue weighted by molar-refractivity contribution is 5.92. The molecule has 6 nitrogen and oxygen atoms in total. The third kappa shape index (κ3) is 3.95. The topological polar surface area (TPSA) is 55.1 Å². The molecule has 3 heterocycles. The van der Waals surface area contributed by atoms with Gasteiger partial charge in [-0.15, -0.1) is 0 Å². The van der Waals surface area contributed by atoms with E-state index in [2.05, 4.69) is 50.3 Å². The molecule has 0 unspecified atom stereocenters. The van der Waals surface area contributed by atoms with Crippen LogP contribution in [0.1, 0.15) is 34.2 Å². The molecule has 0 saturated heterocycles. The lowest BCUT2D eigenvalue weighted by Gasteiger charge is -2.34. The molecule has 140 valence electrons. The lowest BCUT2D eigenvalue weighted by molar-refractivity contribution is 0.0939. The first-order valence-electron chi connectivity index (χ1n) is 9.39. The Kier molecular flexibility index (Phi) is 5.07. The first kappa shape index (κ1) is 17.5. The fourth-order valence-corrected chi connectivity index (χ4v) is 3.78. The minimum Gasteiger partial charge on any atom is -0.351 e. The fourth-order valence-electron chi connectivity index (χ4n) is 3.78. The molecular weight excluding hydrogens is 338 g/mol. The van der Waals surface area contributed by atoms with Crippen LogP contribution in [0.25, 0.3) is 0 Å². The van der Waals surface area contributed by atoms with E-state index >= 15 is 0 Å². The number of hydrogen-bond acceptors (Lipinski definition) is 3. The van der Waals surface area contributed by atoms with Crippen molar-refractivity contribution >= 4 is 5.91 Å². The van der Waals surface area contributed by atoms with Crippen molar-refractivity contribution in [3.63, 3.8) is 0 Å². The van der Waals surface area contributed by atoms with Gasteiger partial charge in [-0.2, -0.15) is 5.10 Å². The third-order valence-corrected chi connectivity index (χ3v) is 5.14. The number of amides is 1. The van der Waals surface area contributed by atoms with Crippen molar-refractivity contribution in [2.75, 3.05) is 13.1 Å². The number of carbonyl (C=O) groups excluding carboxylic acids is 1. The van der Waals surface area contributed by atoms with Crippen LogP contribution in [0, 0.1) is 0 Å². The van der Waals surface area contributed by atoms with Gasteiger partial charge in [0.05, 0.1) is 11.7 Å². The van der Waals surface area contributed by atoms with E-state index in [1.807, 2.05) is 42.2 Å². The van der Waals surface area contributed by atoms with Crippen LogP contribution in [0.5, 0.6) is 0 Å². The number of benzene rings is 1. The van der Waals surface area contributed by atoms with E-state index in [1.54, 1.807) is 0 Å². The van der Waals surface area contributed by atoms with E-state index in [0.717, 1.165) is 26.1 Å². The number of carbonyl (C=O) groups is 1. The predicted molar refractivity (Wildman–Crippen MR) is 104 cm³/mol. The number of nitrogens with zero attached hydrogens (tertiary/aromatic N) is 4. The van der Waals surface area contributed by atoms with E-state index < -0.39 is 0 Å². The predicted octanol–water partition coefficient (Wildman–Crippen LogP) is 2.60. The molecule has 6 heteroatoms. The van der Waals surface area contributed by atoms with E-state index in [0.29, 0.717) is 12.2 Å². The zero-order valence-corrected chi connectivity index (χ0v) is 15.6. The SMILES string of the molecule is Cn1cccc1C(=O)NCC[C@@H]1CN(Cc2ccccc2)Cc2ccnn21. The van der Waals surface area contributed by atoms with Crippen LogP contribution in [0.4, 0.5) is 0 Å². The Labute approximate surface area is 159 Å².